The number of carbonyl (C=O) groups excluding carboxylic acids is 2. The number of likely N-dealkylation sites (N-methyl/N-ethyl adjacent to an activating group) is 2. The Morgan fingerprint density at radius 1 is 0.557 bits per heavy atom. The van der Waals surface area contributed by atoms with Gasteiger partial charge >= 0.3 is 11.9 Å². The second-order valence-corrected chi connectivity index (χ2v) is 35.7. The number of fused-ring (bicyclic) bond motifs is 2. The monoisotopic (exact) mass is 1730 g/mol. The van der Waals surface area contributed by atoms with E-state index in [1.165, 1.54) is 13.8 Å². The molecule has 0 bridgehead atoms. The van der Waals surface area contributed by atoms with Crippen LogP contribution < -0.4 is 10.6 Å². The van der Waals surface area contributed by atoms with Crippen molar-refractivity contribution in [2.75, 3.05) is 67.5 Å². The molecule has 2 aromatic heterocycles. The number of carboxylic acids is 2. The van der Waals surface area contributed by atoms with Crippen LogP contribution in [0.3, 0.4) is 0 Å². The first-order valence-electron chi connectivity index (χ1n) is 43.2. The first-order chi connectivity index (χ1) is 57.0. The van der Waals surface area contributed by atoms with E-state index in [1.54, 1.807) is 55.4 Å². The molecule has 8 rings (SSSR count). The molecule has 32 nitrogen and oxygen atoms in total. The van der Waals surface area contributed by atoms with Gasteiger partial charge in [0.05, 0.1) is 70.7 Å². The molecule has 122 heavy (non-hydrogen) atoms. The number of rotatable bonds is 21. The van der Waals surface area contributed by atoms with Gasteiger partial charge in [0.25, 0.3) is 11.9 Å². The van der Waals surface area contributed by atoms with E-state index in [2.05, 4.69) is 54.0 Å². The molecule has 4 aliphatic heterocycles. The number of aliphatic hydroxyl groups excluding tert-OH is 6. The summed E-state index contributed by atoms with van der Waals surface area (Å²) in [7, 11) is 7.53. The molecule has 0 aliphatic carbocycles. The predicted octanol–water partition coefficient (Wildman–Crippen LogP) is 6.95. The van der Waals surface area contributed by atoms with Gasteiger partial charge in [0.15, 0.2) is 12.6 Å². The van der Waals surface area contributed by atoms with Crippen LogP contribution in [0, 0.1) is 35.5 Å². The molecule has 6 heterocycles. The number of hydrogen-bond donors (Lipinski definition) is 15. The lowest BCUT2D eigenvalue weighted by Gasteiger charge is -2.46. The molecule has 4 fully saturated rings. The highest BCUT2D eigenvalue weighted by molar-refractivity contribution is 5.82. The Hall–Kier alpha value is -6.16. The molecule has 4 aliphatic rings. The second kappa shape index (κ2) is 50.4. The van der Waals surface area contributed by atoms with Gasteiger partial charge in [-0.15, -0.1) is 0 Å². The van der Waals surface area contributed by atoms with Crippen LogP contribution in [0.25, 0.3) is 21.8 Å². The lowest BCUT2D eigenvalue weighted by molar-refractivity contribution is -0.299. The summed E-state index contributed by atoms with van der Waals surface area (Å²) < 4.78 is 37.1. The predicted molar refractivity (Wildman–Crippen MR) is 464 cm³/mol. The minimum atomic E-state index is -1.81. The van der Waals surface area contributed by atoms with Crippen molar-refractivity contribution in [1.82, 2.24) is 40.2 Å². The Morgan fingerprint density at radius 2 is 0.877 bits per heavy atom. The summed E-state index contributed by atoms with van der Waals surface area (Å²) in [6.07, 6.45) is -6.10. The van der Waals surface area contributed by atoms with Crippen LogP contribution >= 0.6 is 0 Å². The van der Waals surface area contributed by atoms with Crippen LogP contribution in [0.1, 0.15) is 187 Å². The van der Waals surface area contributed by atoms with Crippen molar-refractivity contribution in [3.8, 4) is 0 Å². The molecule has 4 saturated heterocycles. The number of cyclic esters (lactones) is 2. The Labute approximate surface area is 723 Å². The molecule has 4 aromatic rings. The number of benzene rings is 2. The number of nitrogens with zero attached hydrogens (tertiary/aromatic N) is 6. The van der Waals surface area contributed by atoms with Crippen LogP contribution in [-0.4, -0.2) is 320 Å². The summed E-state index contributed by atoms with van der Waals surface area (Å²) in [5.41, 5.74) is -2.54. The molecule has 15 N–H and O–H groups in total. The van der Waals surface area contributed by atoms with Crippen LogP contribution in [0.15, 0.2) is 85.9 Å². The van der Waals surface area contributed by atoms with E-state index in [9.17, 15) is 60.7 Å². The van der Waals surface area contributed by atoms with E-state index in [0.29, 0.717) is 65.2 Å². The normalized spacial score (nSPS) is 35.8. The maximum absolute atomic E-state index is 13.6. The van der Waals surface area contributed by atoms with E-state index in [1.807, 2.05) is 140 Å². The summed E-state index contributed by atoms with van der Waals surface area (Å²) >= 11 is 0. The maximum Gasteiger partial charge on any atom is 0.311 e. The smallest absolute Gasteiger partial charge is 0.311 e. The van der Waals surface area contributed by atoms with Crippen LogP contribution in [-0.2, 0) is 65.6 Å². The van der Waals surface area contributed by atoms with Gasteiger partial charge in [-0.25, -0.2) is 5.26 Å². The topological polar surface area (TPSA) is 459 Å². The number of aliphatic hydroxyl groups is 10. The number of ether oxygens (including phenoxy) is 6. The fourth-order valence-electron chi connectivity index (χ4n) is 17.7. The van der Waals surface area contributed by atoms with Crippen molar-refractivity contribution in [3.63, 3.8) is 0 Å². The number of carboxylic acid groups (broad SMARTS) is 2. The molecule has 28 atom stereocenters. The molecule has 0 spiro atoms. The highest BCUT2D eigenvalue weighted by atomic mass is 17.1. The lowest BCUT2D eigenvalue weighted by Crippen LogP contribution is -2.59. The number of para-hydroxylation sites is 2. The molecule has 0 unspecified atom stereocenters. The molecule has 0 radical (unpaired) electrons. The standard InChI is InChI=1S/2C42H70N4O9.3C2H4O2/c2*1-11-34-42(8,52)37(49)29(6)46(20-14-18-43-23-30-17-19-44-32-16-13-12-15-31(30)32)24-25(2)22-41(7,51)38(27(4)35(47)28(5)39(50)54-34)55-40-36(48)33(45(9)10)21-26(3)53-40;1-2-4-3;2*1-2(3)4/h2*12-13,15-17,19,25-29,33-38,40,43,47-49,51-52H,11,14,18,20-24H2,1-10H3;2-3H,1H2;2*1H3,(H,3,4)/t2*25-,26-,27+,28-,29-,33+,34-,35+,36-,37-,38-,40+,41-,42-;;;/m11.../s1. The Morgan fingerprint density at radius 3 is 1.18 bits per heavy atom. The summed E-state index contributed by atoms with van der Waals surface area (Å²) in [5, 5.41) is 150. The highest BCUT2D eigenvalue weighted by Crippen LogP contribution is 2.40. The third kappa shape index (κ3) is 31.4. The molecular weight excluding hydrogens is 1580 g/mol. The fraction of sp³-hybridized carbons (Fsp3) is 0.733. The van der Waals surface area contributed by atoms with Gasteiger partial charge < -0.3 is 115 Å². The summed E-state index contributed by atoms with van der Waals surface area (Å²) in [6.45, 7) is 37.9. The number of carbonyl (C=O) groups is 4. The highest BCUT2D eigenvalue weighted by Gasteiger charge is 2.53. The van der Waals surface area contributed by atoms with E-state index >= 15 is 0 Å². The number of esters is 2. The summed E-state index contributed by atoms with van der Waals surface area (Å²) in [5.74, 6) is -7.24. The molecule has 32 heteroatoms. The van der Waals surface area contributed by atoms with Crippen molar-refractivity contribution in [2.24, 2.45) is 35.5 Å². The average molecular weight is 1730 g/mol. The van der Waals surface area contributed by atoms with Gasteiger partial charge in [-0.3, -0.25) is 38.9 Å². The first kappa shape index (κ1) is 108. The van der Waals surface area contributed by atoms with Crippen LogP contribution in [0.2, 0.25) is 0 Å². The quantitative estimate of drug-likeness (QED) is 0.0132. The molecule has 2 aromatic carbocycles. The second-order valence-electron chi connectivity index (χ2n) is 35.7. The lowest BCUT2D eigenvalue weighted by atomic mass is 9.78. The number of nitrogens with one attached hydrogen (secondary N) is 2. The van der Waals surface area contributed by atoms with Crippen molar-refractivity contribution >= 4 is 45.7 Å². The molecule has 696 valence electrons. The first-order valence-corrected chi connectivity index (χ1v) is 43.2. The zero-order chi connectivity index (χ0) is 92.2. The fourth-order valence-corrected chi connectivity index (χ4v) is 17.7. The van der Waals surface area contributed by atoms with Crippen molar-refractivity contribution in [1.29, 1.82) is 0 Å². The number of pyridine rings is 2. The Bertz CT molecular complexity index is 3520. The van der Waals surface area contributed by atoms with Gasteiger partial charge in [-0.1, -0.05) is 84.5 Å². The Balaban J connectivity index is 0.000000452. The zero-order valence-electron chi connectivity index (χ0n) is 76.4. The number of hydrogen-bond acceptors (Lipinski definition) is 30. The summed E-state index contributed by atoms with van der Waals surface area (Å²) in [4.78, 5) is 65.6. The van der Waals surface area contributed by atoms with Gasteiger partial charge in [0.1, 0.15) is 54.1 Å². The van der Waals surface area contributed by atoms with E-state index in [-0.39, 0.29) is 61.8 Å². The average Bonchev–Trinajstić information content (AvgIpc) is 1.26. The third-order valence-electron chi connectivity index (χ3n) is 24.4. The van der Waals surface area contributed by atoms with E-state index in [0.717, 1.165) is 65.9 Å². The number of aliphatic carboxylic acids is 2. The number of aromatic nitrogens is 2. The van der Waals surface area contributed by atoms with Gasteiger partial charge in [0, 0.05) is 99.2 Å². The van der Waals surface area contributed by atoms with Crippen LogP contribution in [0.5, 0.6) is 0 Å². The zero-order valence-corrected chi connectivity index (χ0v) is 76.4. The SMILES string of the molecule is C=COO.CC(=O)O.CC(=O)O.CC[C@H]1OC(=O)[C@H](C)[C@@H](O)[C@H](C)[C@@H](O[C@@H]2O[C@H](C)C[C@H](N(C)C)[C@H]2O)[C@](C)(O)C[C@@H](C)CN(CCCNCc2ccnc3ccccc23)[C@H](C)[C@@H](O)[C@]1(C)O.CC[C@H]1OC(=O)[C@H](C)[C@@H](O)[C@H](C)[C@@H](O[C@@H]2O[C@H](C)C[C@H](N(C)C)[C@H]2O)[C@](C)(O)C[C@@H](C)CN(CCCNCc2ccnc3ccccc23)[C@H](C)[C@@H](O)[C@]1(C)O. The van der Waals surface area contributed by atoms with Crippen molar-refractivity contribution < 1.29 is 119 Å². The third-order valence-corrected chi connectivity index (χ3v) is 24.4. The maximum atomic E-state index is 13.6. The van der Waals surface area contributed by atoms with Gasteiger partial charge in [-0.05, 0) is 222 Å². The molecule has 0 amide bonds. The largest absolute Gasteiger partial charge is 0.481 e. The minimum absolute atomic E-state index is 0.158. The van der Waals surface area contributed by atoms with E-state index in [4.69, 9.17) is 53.5 Å². The van der Waals surface area contributed by atoms with Gasteiger partial charge in [0.2, 0.25) is 0 Å². The van der Waals surface area contributed by atoms with Crippen molar-refractivity contribution in [2.45, 2.75) is 321 Å². The Kier molecular flexibility index (Phi) is 44.7. The van der Waals surface area contributed by atoms with Crippen LogP contribution in [0.4, 0.5) is 0 Å². The minimum Gasteiger partial charge on any atom is -0.481 e. The molecular formula is C90H152N8O24. The molecule has 0 saturated carbocycles. The van der Waals surface area contributed by atoms with Gasteiger partial charge in [-0.2, -0.15) is 0 Å². The van der Waals surface area contributed by atoms with E-state index < -0.39 is 156 Å². The summed E-state index contributed by atoms with van der Waals surface area (Å²) in [6, 6.07) is 18.5. The van der Waals surface area contributed by atoms with Crippen molar-refractivity contribution in [3.05, 3.63) is 97.0 Å².